The molecule has 0 amide bonds. The summed E-state index contributed by atoms with van der Waals surface area (Å²) in [5, 5.41) is 3.35. The minimum atomic E-state index is -3.19. The Morgan fingerprint density at radius 3 is 2.26 bits per heavy atom. The first-order valence-corrected chi connectivity index (χ1v) is 9.04. The lowest BCUT2D eigenvalue weighted by Crippen LogP contribution is -2.50. The topological polar surface area (TPSA) is 58.2 Å². The Morgan fingerprint density at radius 1 is 1.26 bits per heavy atom. The van der Waals surface area contributed by atoms with Crippen LogP contribution in [0.5, 0.6) is 0 Å². The van der Waals surface area contributed by atoms with Crippen LogP contribution < -0.4 is 10.0 Å². The molecule has 1 aromatic carbocycles. The number of nitrogens with one attached hydrogen (secondary N) is 2. The van der Waals surface area contributed by atoms with Crippen LogP contribution in [0.2, 0.25) is 0 Å². The van der Waals surface area contributed by atoms with Gasteiger partial charge in [0.1, 0.15) is 0 Å². The average molecular weight is 396 g/mol. The van der Waals surface area contributed by atoms with Crippen LogP contribution >= 0.6 is 22.6 Å². The molecule has 1 aromatic rings. The van der Waals surface area contributed by atoms with Crippen LogP contribution in [-0.4, -0.2) is 26.8 Å². The lowest BCUT2D eigenvalue weighted by Gasteiger charge is -2.27. The van der Waals surface area contributed by atoms with Gasteiger partial charge in [0.25, 0.3) is 0 Å². The van der Waals surface area contributed by atoms with Gasteiger partial charge in [-0.1, -0.05) is 12.1 Å². The Hall–Kier alpha value is -0.180. The SMILES string of the molecule is CC(NCC(C)(C)NS(C)(=O)=O)c1ccc(I)cc1. The van der Waals surface area contributed by atoms with Gasteiger partial charge in [0.2, 0.25) is 10.0 Å². The third-order valence-electron chi connectivity index (χ3n) is 2.68. The highest BCUT2D eigenvalue weighted by Gasteiger charge is 2.22. The number of benzene rings is 1. The maximum absolute atomic E-state index is 11.3. The molecule has 1 rings (SSSR count). The van der Waals surface area contributed by atoms with Crippen molar-refractivity contribution < 1.29 is 8.42 Å². The minimum Gasteiger partial charge on any atom is -0.308 e. The molecule has 0 aliphatic rings. The highest BCUT2D eigenvalue weighted by Crippen LogP contribution is 2.15. The average Bonchev–Trinajstić information content (AvgIpc) is 2.24. The van der Waals surface area contributed by atoms with Gasteiger partial charge in [-0.25, -0.2) is 13.1 Å². The van der Waals surface area contributed by atoms with Crippen LogP contribution in [0.1, 0.15) is 32.4 Å². The Morgan fingerprint density at radius 2 is 1.79 bits per heavy atom. The third kappa shape index (κ3) is 6.69. The predicted molar refractivity (Wildman–Crippen MR) is 87.6 cm³/mol. The second kappa shape index (κ2) is 6.51. The van der Waals surface area contributed by atoms with Crippen LogP contribution in [0.25, 0.3) is 0 Å². The van der Waals surface area contributed by atoms with Crippen molar-refractivity contribution in [3.05, 3.63) is 33.4 Å². The molecule has 0 aromatic heterocycles. The summed E-state index contributed by atoms with van der Waals surface area (Å²) in [4.78, 5) is 0. The predicted octanol–water partition coefficient (Wildman–Crippen LogP) is 2.27. The Balaban J connectivity index is 2.58. The minimum absolute atomic E-state index is 0.178. The zero-order chi connectivity index (χ0) is 14.7. The quantitative estimate of drug-likeness (QED) is 0.726. The first-order chi connectivity index (χ1) is 8.59. The highest BCUT2D eigenvalue weighted by atomic mass is 127. The molecule has 0 spiro atoms. The van der Waals surface area contributed by atoms with Crippen LogP contribution in [0, 0.1) is 3.57 Å². The van der Waals surface area contributed by atoms with Crippen molar-refractivity contribution in [1.29, 1.82) is 0 Å². The molecule has 0 heterocycles. The third-order valence-corrected chi connectivity index (χ3v) is 4.32. The van der Waals surface area contributed by atoms with Crippen molar-refractivity contribution in [1.82, 2.24) is 10.0 Å². The van der Waals surface area contributed by atoms with Crippen LogP contribution in [-0.2, 0) is 10.0 Å². The molecular formula is C13H21IN2O2S. The molecule has 4 nitrogen and oxygen atoms in total. The summed E-state index contributed by atoms with van der Waals surface area (Å²) >= 11 is 2.27. The van der Waals surface area contributed by atoms with Gasteiger partial charge in [-0.15, -0.1) is 0 Å². The van der Waals surface area contributed by atoms with Gasteiger partial charge in [0.15, 0.2) is 0 Å². The first kappa shape index (κ1) is 16.9. The van der Waals surface area contributed by atoms with Crippen molar-refractivity contribution in [3.63, 3.8) is 0 Å². The summed E-state index contributed by atoms with van der Waals surface area (Å²) in [7, 11) is -3.19. The Kier molecular flexibility index (Phi) is 5.78. The van der Waals surface area contributed by atoms with Crippen molar-refractivity contribution in [2.75, 3.05) is 12.8 Å². The van der Waals surface area contributed by atoms with Crippen molar-refractivity contribution >= 4 is 32.6 Å². The molecule has 108 valence electrons. The van der Waals surface area contributed by atoms with E-state index in [1.807, 2.05) is 13.8 Å². The Bertz CT molecular complexity index is 512. The number of rotatable bonds is 6. The molecule has 1 atom stereocenters. The summed E-state index contributed by atoms with van der Waals surface area (Å²) in [6.07, 6.45) is 1.18. The number of sulfonamides is 1. The van der Waals surface area contributed by atoms with E-state index in [2.05, 4.69) is 63.8 Å². The standard InChI is InChI=1S/C13H21IN2O2S/c1-10(11-5-7-12(14)8-6-11)15-9-13(2,3)16-19(4,17)18/h5-8,10,15-16H,9H2,1-4H3. The summed E-state index contributed by atoms with van der Waals surface area (Å²) < 4.78 is 26.3. The fraction of sp³-hybridized carbons (Fsp3) is 0.538. The lowest BCUT2D eigenvalue weighted by molar-refractivity contribution is 0.399. The van der Waals surface area contributed by atoms with E-state index in [0.29, 0.717) is 6.54 Å². The summed E-state index contributed by atoms with van der Waals surface area (Å²) in [5.74, 6) is 0. The van der Waals surface area contributed by atoms with E-state index < -0.39 is 15.6 Å². The molecule has 1 unspecified atom stereocenters. The highest BCUT2D eigenvalue weighted by molar-refractivity contribution is 14.1. The molecule has 0 bridgehead atoms. The van der Waals surface area contributed by atoms with E-state index in [-0.39, 0.29) is 6.04 Å². The van der Waals surface area contributed by atoms with E-state index in [1.54, 1.807) is 0 Å². The zero-order valence-corrected chi connectivity index (χ0v) is 14.7. The smallest absolute Gasteiger partial charge is 0.209 e. The first-order valence-electron chi connectivity index (χ1n) is 6.07. The summed E-state index contributed by atoms with van der Waals surface area (Å²) in [6.45, 7) is 6.36. The van der Waals surface area contributed by atoms with Gasteiger partial charge in [0.05, 0.1) is 6.26 Å². The summed E-state index contributed by atoms with van der Waals surface area (Å²) in [6, 6.07) is 8.46. The normalized spacial score (nSPS) is 14.4. The second-order valence-electron chi connectivity index (χ2n) is 5.41. The lowest BCUT2D eigenvalue weighted by atomic mass is 10.0. The maximum atomic E-state index is 11.3. The van der Waals surface area contributed by atoms with Crippen LogP contribution in [0.15, 0.2) is 24.3 Å². The largest absolute Gasteiger partial charge is 0.308 e. The van der Waals surface area contributed by atoms with E-state index >= 15 is 0 Å². The molecule has 2 N–H and O–H groups in total. The molecule has 6 heteroatoms. The summed E-state index contributed by atoms with van der Waals surface area (Å²) in [5.41, 5.74) is 0.681. The van der Waals surface area contributed by atoms with Crippen molar-refractivity contribution in [2.24, 2.45) is 0 Å². The zero-order valence-electron chi connectivity index (χ0n) is 11.7. The van der Waals surface area contributed by atoms with Gasteiger partial charge in [-0.3, -0.25) is 0 Å². The molecule has 19 heavy (non-hydrogen) atoms. The molecular weight excluding hydrogens is 375 g/mol. The molecule has 0 saturated carbocycles. The fourth-order valence-corrected chi connectivity index (χ4v) is 3.25. The molecule has 0 radical (unpaired) electrons. The van der Waals surface area contributed by atoms with Gasteiger partial charge in [0, 0.05) is 21.7 Å². The van der Waals surface area contributed by atoms with Crippen molar-refractivity contribution in [3.8, 4) is 0 Å². The molecule has 0 aliphatic heterocycles. The van der Waals surface area contributed by atoms with Gasteiger partial charge >= 0.3 is 0 Å². The van der Waals surface area contributed by atoms with E-state index in [4.69, 9.17) is 0 Å². The molecule has 0 fully saturated rings. The Labute approximate surface area is 129 Å². The second-order valence-corrected chi connectivity index (χ2v) is 8.41. The fourth-order valence-electron chi connectivity index (χ4n) is 1.82. The van der Waals surface area contributed by atoms with E-state index in [1.165, 1.54) is 15.4 Å². The van der Waals surface area contributed by atoms with E-state index in [0.717, 1.165) is 0 Å². The van der Waals surface area contributed by atoms with Crippen molar-refractivity contribution in [2.45, 2.75) is 32.4 Å². The van der Waals surface area contributed by atoms with Gasteiger partial charge in [-0.2, -0.15) is 0 Å². The monoisotopic (exact) mass is 396 g/mol. The van der Waals surface area contributed by atoms with Crippen LogP contribution in [0.3, 0.4) is 0 Å². The number of halogens is 1. The van der Waals surface area contributed by atoms with Crippen LogP contribution in [0.4, 0.5) is 0 Å². The van der Waals surface area contributed by atoms with Gasteiger partial charge < -0.3 is 5.32 Å². The van der Waals surface area contributed by atoms with E-state index in [9.17, 15) is 8.42 Å². The molecule has 0 saturated heterocycles. The number of hydrogen-bond donors (Lipinski definition) is 2. The van der Waals surface area contributed by atoms with Gasteiger partial charge in [-0.05, 0) is 61.1 Å². The molecule has 0 aliphatic carbocycles. The maximum Gasteiger partial charge on any atom is 0.209 e. The number of hydrogen-bond acceptors (Lipinski definition) is 3.